The van der Waals surface area contributed by atoms with Crippen LogP contribution in [-0.2, 0) is 0 Å². The number of alkyl halides is 3. The van der Waals surface area contributed by atoms with E-state index in [0.29, 0.717) is 43.4 Å². The van der Waals surface area contributed by atoms with Crippen LogP contribution in [0.1, 0.15) is 19.3 Å². The van der Waals surface area contributed by atoms with Gasteiger partial charge in [0.05, 0.1) is 19.1 Å². The molecule has 132 valence electrons. The minimum Gasteiger partial charge on any atom is -0.490 e. The van der Waals surface area contributed by atoms with E-state index < -0.39 is 18.1 Å². The van der Waals surface area contributed by atoms with Crippen LogP contribution in [0.15, 0.2) is 18.2 Å². The molecule has 24 heavy (non-hydrogen) atoms. The number of benzene rings is 1. The van der Waals surface area contributed by atoms with Crippen molar-refractivity contribution in [3.63, 3.8) is 0 Å². The molecule has 1 N–H and O–H groups in total. The molecule has 0 radical (unpaired) electrons. The quantitative estimate of drug-likeness (QED) is 0.846. The number of carbonyl (C=O) groups is 1. The first-order chi connectivity index (χ1) is 11.4. The third-order valence-electron chi connectivity index (χ3n) is 4.17. The van der Waals surface area contributed by atoms with Gasteiger partial charge in [-0.05, 0) is 25.0 Å². The second-order valence-electron chi connectivity index (χ2n) is 5.97. The number of ether oxygens (including phenoxy) is 2. The lowest BCUT2D eigenvalue weighted by Crippen LogP contribution is -2.46. The van der Waals surface area contributed by atoms with Crippen molar-refractivity contribution in [1.82, 2.24) is 4.90 Å². The zero-order valence-corrected chi connectivity index (χ0v) is 13.1. The highest BCUT2D eigenvalue weighted by Gasteiger charge is 2.42. The van der Waals surface area contributed by atoms with Gasteiger partial charge in [-0.15, -0.1) is 0 Å². The minimum absolute atomic E-state index is 0.0668. The first-order valence-electron chi connectivity index (χ1n) is 7.96. The van der Waals surface area contributed by atoms with Crippen molar-refractivity contribution in [1.29, 1.82) is 0 Å². The fourth-order valence-corrected chi connectivity index (χ4v) is 2.87. The molecule has 1 saturated heterocycles. The number of hydrogen-bond acceptors (Lipinski definition) is 3. The van der Waals surface area contributed by atoms with Crippen LogP contribution in [0.5, 0.6) is 11.5 Å². The Balaban J connectivity index is 1.65. The summed E-state index contributed by atoms with van der Waals surface area (Å²) in [5.41, 5.74) is 0.471. The summed E-state index contributed by atoms with van der Waals surface area (Å²) in [5, 5.41) is 2.64. The Labute approximate surface area is 137 Å². The zero-order chi connectivity index (χ0) is 17.2. The fourth-order valence-electron chi connectivity index (χ4n) is 2.87. The number of piperidine rings is 1. The molecule has 0 bridgehead atoms. The summed E-state index contributed by atoms with van der Waals surface area (Å²) in [5.74, 6) is -0.335. The molecule has 2 aliphatic heterocycles. The summed E-state index contributed by atoms with van der Waals surface area (Å²) >= 11 is 0. The number of fused-ring (bicyclic) bond motifs is 1. The Bertz CT molecular complexity index is 607. The van der Waals surface area contributed by atoms with Gasteiger partial charge < -0.3 is 19.7 Å². The summed E-state index contributed by atoms with van der Waals surface area (Å²) in [7, 11) is 0. The SMILES string of the molecule is O=C(Nc1ccc2c(c1)OCCCO2)N1CCCC(C(F)(F)F)C1. The van der Waals surface area contributed by atoms with Crippen LogP contribution >= 0.6 is 0 Å². The first-order valence-corrected chi connectivity index (χ1v) is 7.96. The van der Waals surface area contributed by atoms with Crippen LogP contribution in [0.25, 0.3) is 0 Å². The van der Waals surface area contributed by atoms with E-state index >= 15 is 0 Å². The van der Waals surface area contributed by atoms with Gasteiger partial charge in [-0.2, -0.15) is 13.2 Å². The van der Waals surface area contributed by atoms with Crippen molar-refractivity contribution >= 4 is 11.7 Å². The Kier molecular flexibility index (Phi) is 4.73. The molecular formula is C16H19F3N2O3. The van der Waals surface area contributed by atoms with E-state index in [1.165, 1.54) is 4.90 Å². The molecule has 1 aromatic rings. The smallest absolute Gasteiger partial charge is 0.393 e. The molecule has 1 fully saturated rings. The van der Waals surface area contributed by atoms with Gasteiger partial charge in [0.2, 0.25) is 0 Å². The van der Waals surface area contributed by atoms with Crippen LogP contribution in [0, 0.1) is 5.92 Å². The Morgan fingerprint density at radius 3 is 2.67 bits per heavy atom. The van der Waals surface area contributed by atoms with E-state index in [1.807, 2.05) is 0 Å². The van der Waals surface area contributed by atoms with Gasteiger partial charge in [-0.25, -0.2) is 4.79 Å². The molecule has 0 aliphatic carbocycles. The van der Waals surface area contributed by atoms with Crippen LogP contribution < -0.4 is 14.8 Å². The maximum Gasteiger partial charge on any atom is 0.393 e. The number of nitrogens with one attached hydrogen (secondary N) is 1. The van der Waals surface area contributed by atoms with Gasteiger partial charge in [0.15, 0.2) is 11.5 Å². The van der Waals surface area contributed by atoms with E-state index in [1.54, 1.807) is 18.2 Å². The number of likely N-dealkylation sites (tertiary alicyclic amines) is 1. The van der Waals surface area contributed by atoms with Crippen LogP contribution in [0.4, 0.5) is 23.7 Å². The second-order valence-corrected chi connectivity index (χ2v) is 5.97. The largest absolute Gasteiger partial charge is 0.490 e. The molecule has 8 heteroatoms. The standard InChI is InChI=1S/C16H19F3N2O3/c17-16(18,19)11-3-1-6-21(10-11)15(22)20-12-4-5-13-14(9-12)24-8-2-7-23-13/h4-5,9,11H,1-3,6-8,10H2,(H,20,22). The number of urea groups is 1. The Hall–Kier alpha value is -2.12. The van der Waals surface area contributed by atoms with Gasteiger partial charge in [0, 0.05) is 31.3 Å². The van der Waals surface area contributed by atoms with Crippen molar-refractivity contribution in [2.75, 3.05) is 31.6 Å². The third kappa shape index (κ3) is 3.85. The highest BCUT2D eigenvalue weighted by Crippen LogP contribution is 2.34. The van der Waals surface area contributed by atoms with E-state index in [9.17, 15) is 18.0 Å². The highest BCUT2D eigenvalue weighted by atomic mass is 19.4. The van der Waals surface area contributed by atoms with Crippen LogP contribution in [0.3, 0.4) is 0 Å². The van der Waals surface area contributed by atoms with Crippen molar-refractivity contribution in [3.05, 3.63) is 18.2 Å². The first kappa shape index (κ1) is 16.7. The fraction of sp³-hybridized carbons (Fsp3) is 0.562. The van der Waals surface area contributed by atoms with Crippen molar-refractivity contribution in [2.45, 2.75) is 25.4 Å². The highest BCUT2D eigenvalue weighted by molar-refractivity contribution is 5.89. The van der Waals surface area contributed by atoms with Gasteiger partial charge in [-0.3, -0.25) is 0 Å². The number of rotatable bonds is 1. The third-order valence-corrected chi connectivity index (χ3v) is 4.17. The molecule has 2 heterocycles. The molecule has 2 amide bonds. The summed E-state index contributed by atoms with van der Waals surface area (Å²) < 4.78 is 49.6. The zero-order valence-electron chi connectivity index (χ0n) is 13.1. The monoisotopic (exact) mass is 344 g/mol. The number of halogens is 3. The molecule has 3 rings (SSSR count). The topological polar surface area (TPSA) is 50.8 Å². The molecule has 1 aromatic carbocycles. The van der Waals surface area contributed by atoms with Crippen molar-refractivity contribution < 1.29 is 27.4 Å². The minimum atomic E-state index is -4.27. The molecule has 1 atom stereocenters. The van der Waals surface area contributed by atoms with Crippen molar-refractivity contribution in [3.8, 4) is 11.5 Å². The van der Waals surface area contributed by atoms with E-state index in [4.69, 9.17) is 9.47 Å². The lowest BCUT2D eigenvalue weighted by atomic mass is 9.98. The lowest BCUT2D eigenvalue weighted by Gasteiger charge is -2.33. The Morgan fingerprint density at radius 2 is 1.92 bits per heavy atom. The molecule has 0 aromatic heterocycles. The van der Waals surface area contributed by atoms with Crippen LogP contribution in [-0.4, -0.2) is 43.4 Å². The van der Waals surface area contributed by atoms with Gasteiger partial charge in [0.25, 0.3) is 0 Å². The second kappa shape index (κ2) is 6.78. The summed E-state index contributed by atoms with van der Waals surface area (Å²) in [6, 6.07) is 4.43. The molecule has 5 nitrogen and oxygen atoms in total. The average molecular weight is 344 g/mol. The van der Waals surface area contributed by atoms with Crippen molar-refractivity contribution in [2.24, 2.45) is 5.92 Å². The number of nitrogens with zero attached hydrogens (tertiary/aromatic N) is 1. The summed E-state index contributed by atoms with van der Waals surface area (Å²) in [6.07, 6.45) is -3.09. The number of carbonyl (C=O) groups excluding carboxylic acids is 1. The maximum absolute atomic E-state index is 12.8. The van der Waals surface area contributed by atoms with Gasteiger partial charge in [0.1, 0.15) is 0 Å². The summed E-state index contributed by atoms with van der Waals surface area (Å²) in [4.78, 5) is 13.5. The van der Waals surface area contributed by atoms with E-state index in [0.717, 1.165) is 6.42 Å². The normalized spacial score (nSPS) is 21.1. The van der Waals surface area contributed by atoms with Gasteiger partial charge >= 0.3 is 12.2 Å². The molecule has 2 aliphatic rings. The van der Waals surface area contributed by atoms with E-state index in [2.05, 4.69) is 5.32 Å². The molecule has 0 saturated carbocycles. The molecule has 1 unspecified atom stereocenters. The predicted octanol–water partition coefficient (Wildman–Crippen LogP) is 3.65. The summed E-state index contributed by atoms with van der Waals surface area (Å²) in [6.45, 7) is 1.10. The van der Waals surface area contributed by atoms with Crippen LogP contribution in [0.2, 0.25) is 0 Å². The molecular weight excluding hydrogens is 325 g/mol. The lowest BCUT2D eigenvalue weighted by molar-refractivity contribution is -0.183. The maximum atomic E-state index is 12.8. The predicted molar refractivity (Wildman–Crippen MR) is 81.4 cm³/mol. The van der Waals surface area contributed by atoms with Gasteiger partial charge in [-0.1, -0.05) is 0 Å². The van der Waals surface area contributed by atoms with E-state index in [-0.39, 0.29) is 13.0 Å². The number of amides is 2. The number of anilines is 1. The average Bonchev–Trinajstić information content (AvgIpc) is 2.79. The molecule has 0 spiro atoms. The number of hydrogen-bond donors (Lipinski definition) is 1. The Morgan fingerprint density at radius 1 is 1.17 bits per heavy atom.